The lowest BCUT2D eigenvalue weighted by Crippen LogP contribution is -2.23. The summed E-state index contributed by atoms with van der Waals surface area (Å²) in [5.41, 5.74) is 9.02. The summed E-state index contributed by atoms with van der Waals surface area (Å²) in [4.78, 5) is 24.3. The summed E-state index contributed by atoms with van der Waals surface area (Å²) in [6.45, 7) is 1.44. The number of furan rings is 1. The maximum Gasteiger partial charge on any atom is 0.252 e. The van der Waals surface area contributed by atoms with Crippen LogP contribution in [0.1, 0.15) is 43.2 Å². The van der Waals surface area contributed by atoms with Crippen LogP contribution < -0.4 is 15.8 Å². The summed E-state index contributed by atoms with van der Waals surface area (Å²) < 4.78 is 16.7. The second kappa shape index (κ2) is 11.7. The number of nitrogens with one attached hydrogen (secondary N) is 1. The average molecular weight is 471 g/mol. The van der Waals surface area contributed by atoms with Crippen LogP contribution in [0.4, 0.5) is 0 Å². The van der Waals surface area contributed by atoms with E-state index in [1.165, 1.54) is 0 Å². The van der Waals surface area contributed by atoms with E-state index in [0.29, 0.717) is 36.6 Å². The van der Waals surface area contributed by atoms with E-state index in [-0.39, 0.29) is 12.5 Å². The molecule has 0 saturated carbocycles. The molecule has 1 aromatic heterocycles. The van der Waals surface area contributed by atoms with Crippen molar-refractivity contribution >= 4 is 11.8 Å². The number of benzene rings is 3. The smallest absolute Gasteiger partial charge is 0.252 e. The minimum Gasteiger partial charge on any atom is -0.488 e. The van der Waals surface area contributed by atoms with E-state index in [1.54, 1.807) is 48.7 Å². The molecule has 0 aliphatic heterocycles. The topological polar surface area (TPSA) is 104 Å². The van der Waals surface area contributed by atoms with Gasteiger partial charge in [0, 0.05) is 12.1 Å². The van der Waals surface area contributed by atoms with Crippen LogP contribution in [0.3, 0.4) is 0 Å². The van der Waals surface area contributed by atoms with Gasteiger partial charge in [-0.05, 0) is 53.1 Å². The van der Waals surface area contributed by atoms with E-state index in [4.69, 9.17) is 19.6 Å². The normalized spacial score (nSPS) is 10.6. The molecule has 0 bridgehead atoms. The van der Waals surface area contributed by atoms with Gasteiger partial charge >= 0.3 is 0 Å². The number of hydrogen-bond acceptors (Lipinski definition) is 5. The van der Waals surface area contributed by atoms with E-state index in [2.05, 4.69) is 5.32 Å². The van der Waals surface area contributed by atoms with Gasteiger partial charge in [-0.2, -0.15) is 0 Å². The van der Waals surface area contributed by atoms with E-state index in [1.807, 2.05) is 42.5 Å². The molecule has 7 nitrogen and oxygen atoms in total. The fraction of sp³-hybridized carbons (Fsp3) is 0.143. The third-order valence-electron chi connectivity index (χ3n) is 5.27. The van der Waals surface area contributed by atoms with Gasteiger partial charge in [0.1, 0.15) is 24.7 Å². The fourth-order valence-corrected chi connectivity index (χ4v) is 3.54. The quantitative estimate of drug-likeness (QED) is 0.333. The Labute approximate surface area is 203 Å². The summed E-state index contributed by atoms with van der Waals surface area (Å²) >= 11 is 0. The van der Waals surface area contributed by atoms with Crippen molar-refractivity contribution in [2.24, 2.45) is 5.73 Å². The van der Waals surface area contributed by atoms with Gasteiger partial charge in [-0.25, -0.2) is 0 Å². The van der Waals surface area contributed by atoms with Crippen molar-refractivity contribution in [3.63, 3.8) is 0 Å². The van der Waals surface area contributed by atoms with Gasteiger partial charge in [-0.3, -0.25) is 9.59 Å². The van der Waals surface area contributed by atoms with E-state index in [9.17, 15) is 9.59 Å². The Kier molecular flexibility index (Phi) is 7.93. The number of amides is 2. The molecule has 3 aromatic carbocycles. The molecule has 3 N–H and O–H groups in total. The van der Waals surface area contributed by atoms with Crippen molar-refractivity contribution in [2.75, 3.05) is 0 Å². The molecule has 0 fully saturated rings. The molecule has 0 saturated heterocycles. The zero-order valence-electron chi connectivity index (χ0n) is 19.1. The molecule has 0 unspecified atom stereocenters. The van der Waals surface area contributed by atoms with E-state index >= 15 is 0 Å². The first kappa shape index (κ1) is 23.8. The zero-order valence-corrected chi connectivity index (χ0v) is 19.1. The maximum atomic E-state index is 12.7. The number of para-hydroxylation sites is 1. The summed E-state index contributed by atoms with van der Waals surface area (Å²) in [6.07, 6.45) is 1.62. The minimum atomic E-state index is -0.554. The van der Waals surface area contributed by atoms with Crippen LogP contribution in [0.5, 0.6) is 5.75 Å². The Hall–Kier alpha value is -4.36. The van der Waals surface area contributed by atoms with Crippen LogP contribution in [-0.4, -0.2) is 11.8 Å². The Bertz CT molecular complexity index is 1280. The highest BCUT2D eigenvalue weighted by Crippen LogP contribution is 2.19. The van der Waals surface area contributed by atoms with Gasteiger partial charge in [-0.15, -0.1) is 0 Å². The van der Waals surface area contributed by atoms with Crippen molar-refractivity contribution in [3.05, 3.63) is 125 Å². The van der Waals surface area contributed by atoms with Gasteiger partial charge in [0.15, 0.2) is 0 Å². The molecule has 4 rings (SSSR count). The fourth-order valence-electron chi connectivity index (χ4n) is 3.54. The summed E-state index contributed by atoms with van der Waals surface area (Å²) in [5.74, 6) is 0.437. The van der Waals surface area contributed by atoms with Gasteiger partial charge in [0.05, 0.1) is 18.4 Å². The molecule has 0 aliphatic rings. The second-order valence-corrected chi connectivity index (χ2v) is 7.92. The van der Waals surface area contributed by atoms with Gasteiger partial charge in [0.25, 0.3) is 11.8 Å². The van der Waals surface area contributed by atoms with Crippen molar-refractivity contribution < 1.29 is 23.5 Å². The van der Waals surface area contributed by atoms with Crippen LogP contribution >= 0.6 is 0 Å². The molecule has 35 heavy (non-hydrogen) atoms. The highest BCUT2D eigenvalue weighted by Gasteiger charge is 2.10. The molecule has 1 heterocycles. The third-order valence-corrected chi connectivity index (χ3v) is 5.27. The number of carbonyl (C=O) groups excluding carboxylic acids is 2. The predicted octanol–water partition coefficient (Wildman–Crippen LogP) is 4.60. The van der Waals surface area contributed by atoms with Crippen molar-refractivity contribution in [3.8, 4) is 5.75 Å². The first-order chi connectivity index (χ1) is 17.1. The molecule has 0 radical (unpaired) electrons. The number of rotatable bonds is 11. The predicted molar refractivity (Wildman–Crippen MR) is 131 cm³/mol. The highest BCUT2D eigenvalue weighted by molar-refractivity contribution is 5.95. The first-order valence-electron chi connectivity index (χ1n) is 11.2. The van der Waals surface area contributed by atoms with Crippen molar-refractivity contribution in [2.45, 2.75) is 26.4 Å². The Morgan fingerprint density at radius 1 is 0.800 bits per heavy atom. The summed E-state index contributed by atoms with van der Waals surface area (Å²) in [7, 11) is 0. The first-order valence-corrected chi connectivity index (χ1v) is 11.2. The highest BCUT2D eigenvalue weighted by atomic mass is 16.5. The molecule has 0 atom stereocenters. The Morgan fingerprint density at radius 3 is 2.37 bits per heavy atom. The molecular weight excluding hydrogens is 444 g/mol. The molecule has 7 heteroatoms. The maximum absolute atomic E-state index is 12.7. The number of primary amides is 1. The number of hydrogen-bond donors (Lipinski definition) is 2. The van der Waals surface area contributed by atoms with Crippen LogP contribution in [0.15, 0.2) is 95.6 Å². The molecule has 178 valence electrons. The molecule has 0 aliphatic carbocycles. The number of carbonyl (C=O) groups is 2. The Balaban J connectivity index is 1.30. The van der Waals surface area contributed by atoms with Gasteiger partial charge in [0.2, 0.25) is 0 Å². The lowest BCUT2D eigenvalue weighted by atomic mass is 10.1. The molecular formula is C28H26N2O5. The van der Waals surface area contributed by atoms with Gasteiger partial charge < -0.3 is 24.9 Å². The van der Waals surface area contributed by atoms with E-state index < -0.39 is 5.91 Å². The zero-order chi connectivity index (χ0) is 24.5. The van der Waals surface area contributed by atoms with Crippen LogP contribution in [-0.2, 0) is 31.1 Å². The second-order valence-electron chi connectivity index (χ2n) is 7.92. The Morgan fingerprint density at radius 2 is 1.57 bits per heavy atom. The number of nitrogens with two attached hydrogens (primary N) is 1. The standard InChI is InChI=1S/C28H26N2O5/c29-27(31)25-11-1-2-12-26(25)35-18-22-8-4-9-23(15-22)28(32)30-16-20-6-3-7-21(14-20)17-33-19-24-10-5-13-34-24/h1-15H,16-19H2,(H2,29,31)(H,30,32). The minimum absolute atomic E-state index is 0.191. The third kappa shape index (κ3) is 6.82. The SMILES string of the molecule is NC(=O)c1ccccc1OCc1cccc(C(=O)NCc2cccc(COCc3ccco3)c2)c1. The van der Waals surface area contributed by atoms with Crippen LogP contribution in [0.2, 0.25) is 0 Å². The summed E-state index contributed by atoms with van der Waals surface area (Å²) in [6, 6.07) is 25.5. The molecule has 0 spiro atoms. The molecule has 2 amide bonds. The van der Waals surface area contributed by atoms with Crippen LogP contribution in [0, 0.1) is 0 Å². The summed E-state index contributed by atoms with van der Waals surface area (Å²) in [5, 5.41) is 2.95. The van der Waals surface area contributed by atoms with Crippen LogP contribution in [0.25, 0.3) is 0 Å². The lowest BCUT2D eigenvalue weighted by Gasteiger charge is -2.11. The largest absolute Gasteiger partial charge is 0.488 e. The van der Waals surface area contributed by atoms with Gasteiger partial charge in [-0.1, -0.05) is 48.5 Å². The van der Waals surface area contributed by atoms with Crippen molar-refractivity contribution in [1.29, 1.82) is 0 Å². The molecule has 4 aromatic rings. The van der Waals surface area contributed by atoms with E-state index in [0.717, 1.165) is 22.5 Å². The van der Waals surface area contributed by atoms with Crippen molar-refractivity contribution in [1.82, 2.24) is 5.32 Å². The monoisotopic (exact) mass is 470 g/mol. The number of ether oxygens (including phenoxy) is 2. The average Bonchev–Trinajstić information content (AvgIpc) is 3.40. The lowest BCUT2D eigenvalue weighted by molar-refractivity contribution is 0.0928.